The molecule has 0 heterocycles. The van der Waals surface area contributed by atoms with Crippen LogP contribution in [0.2, 0.25) is 0 Å². The van der Waals surface area contributed by atoms with Gasteiger partial charge >= 0.3 is 0 Å². The molecule has 0 nitrogen and oxygen atoms in total. The van der Waals surface area contributed by atoms with Gasteiger partial charge in [-0.1, -0.05) is 84.5 Å². The molecule has 0 aliphatic heterocycles. The maximum absolute atomic E-state index is 2.60. The molecule has 0 unspecified atom stereocenters. The fourth-order valence-electron chi connectivity index (χ4n) is 3.28. The molecule has 0 saturated carbocycles. The van der Waals surface area contributed by atoms with Gasteiger partial charge in [-0.3, -0.25) is 0 Å². The van der Waals surface area contributed by atoms with Crippen LogP contribution >= 0.6 is 7.26 Å². The van der Waals surface area contributed by atoms with Crippen molar-refractivity contribution in [3.8, 4) is 0 Å². The van der Waals surface area contributed by atoms with Crippen molar-refractivity contribution in [2.45, 2.75) is 110 Å². The number of hydrogen-bond acceptors (Lipinski definition) is 0. The minimum absolute atomic E-state index is 0.570. The van der Waals surface area contributed by atoms with Gasteiger partial charge in [-0.15, -0.1) is 0 Å². The van der Waals surface area contributed by atoms with Gasteiger partial charge < -0.3 is 0 Å². The van der Waals surface area contributed by atoms with Gasteiger partial charge in [-0.05, 0) is 25.7 Å². The zero-order valence-corrected chi connectivity index (χ0v) is 17.4. The highest BCUT2D eigenvalue weighted by atomic mass is 31.2. The first kappa shape index (κ1) is 22.4. The van der Waals surface area contributed by atoms with Crippen LogP contribution in [-0.4, -0.2) is 25.7 Å². The van der Waals surface area contributed by atoms with Crippen LogP contribution in [0.1, 0.15) is 110 Å². The van der Waals surface area contributed by atoms with Gasteiger partial charge in [0.25, 0.3) is 0 Å². The van der Waals surface area contributed by atoms with E-state index in [2.05, 4.69) is 27.2 Å². The Hall–Kier alpha value is 0.430. The summed E-state index contributed by atoms with van der Waals surface area (Å²) >= 11 is 0. The molecule has 0 atom stereocenters. The molecule has 0 radical (unpaired) electrons. The molecule has 0 aliphatic carbocycles. The smallest absolute Gasteiger partial charge is 0.0589 e. The molecule has 0 N–H and O–H groups in total. The topological polar surface area (TPSA) is 0 Å². The minimum atomic E-state index is -0.570. The van der Waals surface area contributed by atoms with Crippen molar-refractivity contribution in [1.29, 1.82) is 0 Å². The normalized spacial score (nSPS) is 12.0. The number of rotatable bonds is 17. The van der Waals surface area contributed by atoms with Crippen molar-refractivity contribution >= 4 is 7.26 Å². The molecule has 0 aromatic heterocycles. The summed E-state index contributed by atoms with van der Waals surface area (Å²) in [6, 6.07) is 0. The van der Waals surface area contributed by atoms with Crippen LogP contribution in [0, 0.1) is 0 Å². The molecule has 0 fully saturated rings. The lowest BCUT2D eigenvalue weighted by atomic mass is 10.1. The summed E-state index contributed by atoms with van der Waals surface area (Å²) in [4.78, 5) is 0. The number of hydrogen-bond donors (Lipinski definition) is 0. The van der Waals surface area contributed by atoms with Gasteiger partial charge in [0.05, 0.1) is 12.3 Å². The second-order valence-corrected chi connectivity index (χ2v) is 12.7. The molecular weight excluding hydrogens is 283 g/mol. The van der Waals surface area contributed by atoms with Crippen molar-refractivity contribution in [1.82, 2.24) is 0 Å². The zero-order valence-electron chi connectivity index (χ0n) is 16.5. The largest absolute Gasteiger partial charge is 0.0654 e. The van der Waals surface area contributed by atoms with Crippen LogP contribution < -0.4 is 0 Å². The van der Waals surface area contributed by atoms with Crippen LogP contribution in [0.25, 0.3) is 0 Å². The minimum Gasteiger partial charge on any atom is -0.0654 e. The van der Waals surface area contributed by atoms with Crippen LogP contribution in [0.15, 0.2) is 0 Å². The van der Waals surface area contributed by atoms with Crippen molar-refractivity contribution in [2.24, 2.45) is 0 Å². The first-order valence-corrected chi connectivity index (χ1v) is 13.5. The third-order valence-electron chi connectivity index (χ3n) is 4.98. The van der Waals surface area contributed by atoms with E-state index in [0.29, 0.717) is 0 Å². The average Bonchev–Trinajstić information content (AvgIpc) is 2.49. The third kappa shape index (κ3) is 16.8. The molecule has 0 spiro atoms. The molecular formula is C21H46P+. The molecule has 0 bridgehead atoms. The predicted molar refractivity (Wildman–Crippen MR) is 109 cm³/mol. The highest BCUT2D eigenvalue weighted by Crippen LogP contribution is 2.52. The molecule has 1 heteroatoms. The lowest BCUT2D eigenvalue weighted by molar-refractivity contribution is 0.585. The van der Waals surface area contributed by atoms with E-state index >= 15 is 0 Å². The van der Waals surface area contributed by atoms with E-state index in [0.717, 1.165) is 0 Å². The monoisotopic (exact) mass is 329 g/mol. The molecule has 0 saturated heterocycles. The van der Waals surface area contributed by atoms with Gasteiger partial charge in [-0.25, -0.2) is 0 Å². The van der Waals surface area contributed by atoms with Gasteiger partial charge in [0.1, 0.15) is 0 Å². The summed E-state index contributed by atoms with van der Waals surface area (Å²) in [5, 5.41) is 0. The van der Waals surface area contributed by atoms with Gasteiger partial charge in [0, 0.05) is 20.6 Å². The fourth-order valence-corrected chi connectivity index (χ4v) is 5.67. The van der Waals surface area contributed by atoms with E-state index in [9.17, 15) is 0 Å². The van der Waals surface area contributed by atoms with E-state index in [1.807, 2.05) is 0 Å². The van der Waals surface area contributed by atoms with E-state index in [-0.39, 0.29) is 0 Å². The Kier molecular flexibility index (Phi) is 16.6. The summed E-state index contributed by atoms with van der Waals surface area (Å²) in [5.41, 5.74) is 0. The van der Waals surface area contributed by atoms with Crippen LogP contribution in [0.4, 0.5) is 0 Å². The zero-order chi connectivity index (χ0) is 16.5. The molecule has 0 aliphatic rings. The van der Waals surface area contributed by atoms with Crippen molar-refractivity contribution in [3.05, 3.63) is 0 Å². The van der Waals surface area contributed by atoms with Gasteiger partial charge in [0.2, 0.25) is 0 Å². The van der Waals surface area contributed by atoms with E-state index in [4.69, 9.17) is 0 Å². The van der Waals surface area contributed by atoms with E-state index < -0.39 is 7.26 Å². The molecule has 134 valence electrons. The predicted octanol–water partition coefficient (Wildman–Crippen LogP) is 8.15. The first-order chi connectivity index (χ1) is 10.6. The SMILES string of the molecule is CCCCCCCCCC[P+](C)(C)CCCCCCCCC. The molecule has 0 aromatic rings. The van der Waals surface area contributed by atoms with E-state index in [1.54, 1.807) is 12.3 Å². The van der Waals surface area contributed by atoms with Crippen molar-refractivity contribution in [3.63, 3.8) is 0 Å². The lowest BCUT2D eigenvalue weighted by Crippen LogP contribution is -2.01. The Balaban J connectivity index is 3.34. The van der Waals surface area contributed by atoms with Crippen molar-refractivity contribution < 1.29 is 0 Å². The maximum atomic E-state index is 2.60. The number of unbranched alkanes of at least 4 members (excludes halogenated alkanes) is 13. The van der Waals surface area contributed by atoms with Gasteiger partial charge in [0.15, 0.2) is 0 Å². The highest BCUT2D eigenvalue weighted by molar-refractivity contribution is 7.74. The Morgan fingerprint density at radius 3 is 1.00 bits per heavy atom. The second-order valence-electron chi connectivity index (χ2n) is 7.98. The quantitative estimate of drug-likeness (QED) is 0.186. The summed E-state index contributed by atoms with van der Waals surface area (Å²) in [7, 11) is -0.570. The maximum Gasteiger partial charge on any atom is 0.0589 e. The summed E-state index contributed by atoms with van der Waals surface area (Å²) in [6.07, 6.45) is 25.1. The molecule has 0 rings (SSSR count). The van der Waals surface area contributed by atoms with Crippen LogP contribution in [-0.2, 0) is 0 Å². The Morgan fingerprint density at radius 2 is 0.682 bits per heavy atom. The Morgan fingerprint density at radius 1 is 0.409 bits per heavy atom. The third-order valence-corrected chi connectivity index (χ3v) is 8.04. The molecule has 0 amide bonds. The Labute approximate surface area is 143 Å². The Bertz CT molecular complexity index is 210. The fraction of sp³-hybridized carbons (Fsp3) is 1.00. The lowest BCUT2D eigenvalue weighted by Gasteiger charge is -2.18. The summed E-state index contributed by atoms with van der Waals surface area (Å²) < 4.78 is 0. The standard InChI is InChI=1S/C21H46P/c1-5-7-9-11-13-15-17-19-21-22(3,4)20-18-16-14-12-10-8-6-2/h5-21H2,1-4H3/q+1. The highest BCUT2D eigenvalue weighted by Gasteiger charge is 2.23. The molecule has 0 aromatic carbocycles. The summed E-state index contributed by atoms with van der Waals surface area (Å²) in [6.45, 7) is 9.81. The summed E-state index contributed by atoms with van der Waals surface area (Å²) in [5.74, 6) is 0. The van der Waals surface area contributed by atoms with Crippen LogP contribution in [0.5, 0.6) is 0 Å². The van der Waals surface area contributed by atoms with Crippen molar-refractivity contribution in [2.75, 3.05) is 25.7 Å². The first-order valence-electron chi connectivity index (χ1n) is 10.4. The van der Waals surface area contributed by atoms with Crippen LogP contribution in [0.3, 0.4) is 0 Å². The second kappa shape index (κ2) is 16.3. The average molecular weight is 330 g/mol. The van der Waals surface area contributed by atoms with Gasteiger partial charge in [-0.2, -0.15) is 0 Å². The molecule has 22 heavy (non-hydrogen) atoms. The van der Waals surface area contributed by atoms with E-state index in [1.165, 1.54) is 96.3 Å².